The van der Waals surface area contributed by atoms with Gasteiger partial charge in [-0.05, 0) is 119 Å². The number of rotatable bonds is 4. The van der Waals surface area contributed by atoms with Crippen LogP contribution in [0.15, 0.2) is 122 Å². The van der Waals surface area contributed by atoms with Gasteiger partial charge < -0.3 is 9.97 Å². The van der Waals surface area contributed by atoms with E-state index < -0.39 is 0 Å². The number of nitrogens with one attached hydrogen (secondary N) is 2. The molecule has 8 heteroatoms. The summed E-state index contributed by atoms with van der Waals surface area (Å²) < 4.78 is 0. The lowest BCUT2D eigenvalue weighted by Gasteiger charge is -2.07. The van der Waals surface area contributed by atoms with Crippen molar-refractivity contribution in [3.05, 3.63) is 156 Å². The first-order valence-electron chi connectivity index (χ1n) is 16.6. The van der Waals surface area contributed by atoms with E-state index in [0.717, 1.165) is 89.4 Å². The van der Waals surface area contributed by atoms with Crippen molar-refractivity contribution in [1.29, 1.82) is 10.5 Å². The Hall–Kier alpha value is -7.68. The molecule has 0 atom stereocenters. The van der Waals surface area contributed by atoms with Gasteiger partial charge in [-0.1, -0.05) is 24.3 Å². The average molecular weight is 667 g/mol. The van der Waals surface area contributed by atoms with Gasteiger partial charge in [0.15, 0.2) is 0 Å². The molecular weight excluding hydrogens is 641 g/mol. The maximum absolute atomic E-state index is 9.54. The molecule has 7 aromatic rings. The van der Waals surface area contributed by atoms with E-state index in [1.54, 1.807) is 24.8 Å². The fraction of sp³-hybridized carbons (Fsp3) is 0. The molecule has 0 radical (unpaired) electrons. The maximum atomic E-state index is 9.54. The highest BCUT2D eigenvalue weighted by Gasteiger charge is 2.19. The van der Waals surface area contributed by atoms with Crippen LogP contribution >= 0.6 is 0 Å². The smallest absolute Gasteiger partial charge is 0.0991 e. The fourth-order valence-corrected chi connectivity index (χ4v) is 6.88. The molecule has 0 saturated heterocycles. The van der Waals surface area contributed by atoms with Gasteiger partial charge in [0.2, 0.25) is 0 Å². The summed E-state index contributed by atoms with van der Waals surface area (Å²) in [6, 6.07) is 35.8. The molecule has 52 heavy (non-hydrogen) atoms. The summed E-state index contributed by atoms with van der Waals surface area (Å²) in [5.74, 6) is 0. The number of nitrogens with zero attached hydrogens (tertiary/aromatic N) is 6. The topological polar surface area (TPSA) is 131 Å². The Bertz CT molecular complexity index is 2630. The van der Waals surface area contributed by atoms with Crippen LogP contribution in [-0.4, -0.2) is 29.9 Å². The molecule has 9 rings (SSSR count). The predicted molar refractivity (Wildman–Crippen MR) is 206 cm³/mol. The molecular formula is C44H26N8. The number of aromatic nitrogens is 6. The molecule has 2 N–H and O–H groups in total. The SMILES string of the molecule is N#Cc1ccc(-c2c3nc(c(-c4ccncc4)c4ccc([nH]4)c(-c4ccc(C#N)cc4)c4nc(c(-c5ccncc5)c5ccc2[nH]5)C=C4)C=C3)cc1. The second-order valence-electron chi connectivity index (χ2n) is 12.4. The molecule has 0 spiro atoms. The van der Waals surface area contributed by atoms with Gasteiger partial charge in [0.1, 0.15) is 0 Å². The van der Waals surface area contributed by atoms with Crippen molar-refractivity contribution in [2.24, 2.45) is 0 Å². The Morgan fingerprint density at radius 1 is 0.365 bits per heavy atom. The van der Waals surface area contributed by atoms with E-state index in [9.17, 15) is 10.5 Å². The molecule has 8 nitrogen and oxygen atoms in total. The third-order valence-corrected chi connectivity index (χ3v) is 9.30. The average Bonchev–Trinajstić information content (AvgIpc) is 4.04. The molecule has 2 aliphatic heterocycles. The van der Waals surface area contributed by atoms with Gasteiger partial charge in [0, 0.05) is 69.1 Å². The minimum absolute atomic E-state index is 0.584. The van der Waals surface area contributed by atoms with Crippen molar-refractivity contribution in [2.45, 2.75) is 0 Å². The van der Waals surface area contributed by atoms with Gasteiger partial charge in [0.05, 0.1) is 46.0 Å². The van der Waals surface area contributed by atoms with Crippen LogP contribution in [0.4, 0.5) is 0 Å². The summed E-state index contributed by atoms with van der Waals surface area (Å²) in [4.78, 5) is 26.6. The molecule has 0 amide bonds. The van der Waals surface area contributed by atoms with E-state index in [2.05, 4.69) is 56.3 Å². The van der Waals surface area contributed by atoms with Crippen LogP contribution < -0.4 is 0 Å². The van der Waals surface area contributed by atoms with E-state index in [1.165, 1.54) is 0 Å². The van der Waals surface area contributed by atoms with Crippen LogP contribution in [0.1, 0.15) is 33.9 Å². The highest BCUT2D eigenvalue weighted by Crippen LogP contribution is 2.38. The van der Waals surface area contributed by atoms with Gasteiger partial charge in [-0.2, -0.15) is 10.5 Å². The van der Waals surface area contributed by atoms with Gasteiger partial charge in [-0.3, -0.25) is 9.97 Å². The van der Waals surface area contributed by atoms with E-state index >= 15 is 0 Å². The molecule has 7 heterocycles. The standard InChI is InChI=1S/C44H26N8/c45-25-27-1-5-29(6-2-27)41-33-9-13-37(49-33)43(31-17-21-47-22-18-31)39-15-11-35(51-39)42(30-7-3-28(26-46)4-8-30)36-12-16-40(52-36)44(32-19-23-48-24-20-32)38-14-10-34(41)50-38/h1-24,49,52H. The Balaban J connectivity index is 1.46. The molecule has 0 saturated carbocycles. The number of hydrogen-bond donors (Lipinski definition) is 2. The summed E-state index contributed by atoms with van der Waals surface area (Å²) in [6.45, 7) is 0. The van der Waals surface area contributed by atoms with Gasteiger partial charge in [-0.15, -0.1) is 0 Å². The fourth-order valence-electron chi connectivity index (χ4n) is 6.88. The zero-order valence-electron chi connectivity index (χ0n) is 27.5. The molecule has 0 aliphatic carbocycles. The van der Waals surface area contributed by atoms with Crippen molar-refractivity contribution >= 4 is 46.4 Å². The number of benzene rings is 2. The van der Waals surface area contributed by atoms with Gasteiger partial charge >= 0.3 is 0 Å². The quantitative estimate of drug-likeness (QED) is 0.192. The summed E-state index contributed by atoms with van der Waals surface area (Å²) in [7, 11) is 0. The van der Waals surface area contributed by atoms with E-state index in [1.807, 2.05) is 97.1 Å². The molecule has 5 aromatic heterocycles. The Labute approximate surface area is 298 Å². The first-order chi connectivity index (χ1) is 25.7. The predicted octanol–water partition coefficient (Wildman–Crippen LogP) is 9.86. The van der Waals surface area contributed by atoms with E-state index in [-0.39, 0.29) is 0 Å². The summed E-state index contributed by atoms with van der Waals surface area (Å²) >= 11 is 0. The summed E-state index contributed by atoms with van der Waals surface area (Å²) in [5, 5.41) is 19.1. The largest absolute Gasteiger partial charge is 0.354 e. The van der Waals surface area contributed by atoms with Crippen molar-refractivity contribution in [3.63, 3.8) is 0 Å². The zero-order chi connectivity index (χ0) is 35.0. The van der Waals surface area contributed by atoms with E-state index in [4.69, 9.17) is 9.97 Å². The lowest BCUT2D eigenvalue weighted by atomic mass is 10.0. The van der Waals surface area contributed by atoms with Crippen LogP contribution in [0.3, 0.4) is 0 Å². The van der Waals surface area contributed by atoms with Crippen LogP contribution in [0, 0.1) is 22.7 Å². The van der Waals surface area contributed by atoms with Crippen molar-refractivity contribution in [2.75, 3.05) is 0 Å². The highest BCUT2D eigenvalue weighted by molar-refractivity contribution is 5.99. The molecule has 0 unspecified atom stereocenters. The minimum Gasteiger partial charge on any atom is -0.354 e. The molecule has 8 bridgehead atoms. The molecule has 0 fully saturated rings. The lowest BCUT2D eigenvalue weighted by molar-refractivity contribution is 1.29. The number of aromatic amines is 2. The molecule has 2 aliphatic rings. The number of nitriles is 2. The van der Waals surface area contributed by atoms with Crippen LogP contribution in [-0.2, 0) is 0 Å². The highest BCUT2D eigenvalue weighted by atomic mass is 14.8. The molecule has 242 valence electrons. The number of fused-ring (bicyclic) bond motifs is 8. The monoisotopic (exact) mass is 666 g/mol. The van der Waals surface area contributed by atoms with Crippen molar-refractivity contribution < 1.29 is 0 Å². The summed E-state index contributed by atoms with van der Waals surface area (Å²) in [6.07, 6.45) is 15.3. The molecule has 2 aromatic carbocycles. The van der Waals surface area contributed by atoms with Crippen molar-refractivity contribution in [3.8, 4) is 56.6 Å². The van der Waals surface area contributed by atoms with Crippen LogP contribution in [0.2, 0.25) is 0 Å². The minimum atomic E-state index is 0.584. The lowest BCUT2D eigenvalue weighted by Crippen LogP contribution is -1.90. The third kappa shape index (κ3) is 5.34. The zero-order valence-corrected chi connectivity index (χ0v) is 27.5. The van der Waals surface area contributed by atoms with Crippen molar-refractivity contribution in [1.82, 2.24) is 29.9 Å². The van der Waals surface area contributed by atoms with Crippen LogP contribution in [0.25, 0.3) is 90.9 Å². The Morgan fingerprint density at radius 3 is 0.942 bits per heavy atom. The normalized spacial score (nSPS) is 11.7. The maximum Gasteiger partial charge on any atom is 0.0991 e. The van der Waals surface area contributed by atoms with Gasteiger partial charge in [-0.25, -0.2) is 9.97 Å². The second kappa shape index (κ2) is 12.6. The number of H-pyrrole nitrogens is 2. The second-order valence-corrected chi connectivity index (χ2v) is 12.4. The number of pyridine rings is 2. The summed E-state index contributed by atoms with van der Waals surface area (Å²) in [5.41, 5.74) is 15.2. The van der Waals surface area contributed by atoms with Crippen LogP contribution in [0.5, 0.6) is 0 Å². The van der Waals surface area contributed by atoms with Gasteiger partial charge in [0.25, 0.3) is 0 Å². The Morgan fingerprint density at radius 2 is 0.654 bits per heavy atom. The Kier molecular flexibility index (Phi) is 7.39. The first-order valence-corrected chi connectivity index (χ1v) is 16.6. The third-order valence-electron chi connectivity index (χ3n) is 9.30. The number of hydrogen-bond acceptors (Lipinski definition) is 6. The first kappa shape index (κ1) is 30.4. The van der Waals surface area contributed by atoms with E-state index in [0.29, 0.717) is 11.1 Å².